The number of amides is 1. The molecule has 1 heterocycles. The summed E-state index contributed by atoms with van der Waals surface area (Å²) in [7, 11) is 0. The number of nitrogens with zero attached hydrogens (tertiary/aromatic N) is 1. The van der Waals surface area contributed by atoms with Crippen LogP contribution < -0.4 is 0 Å². The first-order valence-electron chi connectivity index (χ1n) is 5.72. The van der Waals surface area contributed by atoms with Crippen molar-refractivity contribution < 1.29 is 14.7 Å². The van der Waals surface area contributed by atoms with Gasteiger partial charge in [0.25, 0.3) is 0 Å². The molecule has 1 saturated carbocycles. The standard InChI is InChI=1S/C11H17NO3/c13-10(12-6-1-2-7-12)8-4-3-5-9(8)11(14)15/h8-9H,1-7H2,(H,14,15). The lowest BCUT2D eigenvalue weighted by Crippen LogP contribution is -2.37. The average molecular weight is 211 g/mol. The Bertz CT molecular complexity index is 271. The van der Waals surface area contributed by atoms with Gasteiger partial charge >= 0.3 is 5.97 Å². The minimum atomic E-state index is -0.801. The van der Waals surface area contributed by atoms with E-state index in [2.05, 4.69) is 0 Å². The highest BCUT2D eigenvalue weighted by atomic mass is 16.4. The van der Waals surface area contributed by atoms with Crippen LogP contribution in [0, 0.1) is 11.8 Å². The Kier molecular flexibility index (Phi) is 2.93. The van der Waals surface area contributed by atoms with Gasteiger partial charge in [0, 0.05) is 13.1 Å². The van der Waals surface area contributed by atoms with Crippen LogP contribution in [0.4, 0.5) is 0 Å². The third-order valence-corrected chi connectivity index (χ3v) is 3.57. The maximum absolute atomic E-state index is 12.0. The zero-order valence-electron chi connectivity index (χ0n) is 8.82. The first-order valence-corrected chi connectivity index (χ1v) is 5.72. The summed E-state index contributed by atoms with van der Waals surface area (Å²) in [5.74, 6) is -1.40. The fourth-order valence-electron chi connectivity index (χ4n) is 2.72. The maximum Gasteiger partial charge on any atom is 0.307 e. The SMILES string of the molecule is O=C(O)C1CCCC1C(=O)N1CCCC1. The maximum atomic E-state index is 12.0. The summed E-state index contributed by atoms with van der Waals surface area (Å²) in [6.07, 6.45) is 4.43. The van der Waals surface area contributed by atoms with E-state index in [1.54, 1.807) is 0 Å². The third-order valence-electron chi connectivity index (χ3n) is 3.57. The quantitative estimate of drug-likeness (QED) is 0.744. The molecule has 0 bridgehead atoms. The predicted molar refractivity (Wildman–Crippen MR) is 54.3 cm³/mol. The molecule has 2 fully saturated rings. The molecule has 1 aliphatic heterocycles. The van der Waals surface area contributed by atoms with Gasteiger partial charge in [-0.15, -0.1) is 0 Å². The highest BCUT2D eigenvalue weighted by Gasteiger charge is 2.39. The van der Waals surface area contributed by atoms with Crippen molar-refractivity contribution in [2.45, 2.75) is 32.1 Å². The summed E-state index contributed by atoms with van der Waals surface area (Å²) < 4.78 is 0. The second kappa shape index (κ2) is 4.21. The molecular weight excluding hydrogens is 194 g/mol. The summed E-state index contributed by atoms with van der Waals surface area (Å²) in [6.45, 7) is 1.64. The van der Waals surface area contributed by atoms with Crippen LogP contribution in [0.15, 0.2) is 0 Å². The predicted octanol–water partition coefficient (Wildman–Crippen LogP) is 1.11. The number of carbonyl (C=O) groups excluding carboxylic acids is 1. The number of aliphatic carboxylic acids is 1. The molecule has 1 N–H and O–H groups in total. The lowest BCUT2D eigenvalue weighted by atomic mass is 9.95. The highest BCUT2D eigenvalue weighted by Crippen LogP contribution is 2.34. The van der Waals surface area contributed by atoms with Crippen LogP contribution >= 0.6 is 0 Å². The summed E-state index contributed by atoms with van der Waals surface area (Å²) >= 11 is 0. The Morgan fingerprint density at radius 2 is 1.60 bits per heavy atom. The van der Waals surface area contributed by atoms with E-state index in [4.69, 9.17) is 5.11 Å². The second-order valence-corrected chi connectivity index (χ2v) is 4.51. The number of carboxylic acid groups (broad SMARTS) is 1. The zero-order chi connectivity index (χ0) is 10.8. The first-order chi connectivity index (χ1) is 7.20. The molecule has 2 unspecified atom stereocenters. The van der Waals surface area contributed by atoms with E-state index in [-0.39, 0.29) is 11.8 Å². The van der Waals surface area contributed by atoms with Crippen molar-refractivity contribution in [3.8, 4) is 0 Å². The van der Waals surface area contributed by atoms with Crippen molar-refractivity contribution in [2.75, 3.05) is 13.1 Å². The van der Waals surface area contributed by atoms with Crippen molar-refractivity contribution in [1.82, 2.24) is 4.90 Å². The van der Waals surface area contributed by atoms with Crippen LogP contribution in [-0.2, 0) is 9.59 Å². The van der Waals surface area contributed by atoms with Crippen LogP contribution in [0.25, 0.3) is 0 Å². The number of carboxylic acids is 1. The Morgan fingerprint density at radius 3 is 2.20 bits per heavy atom. The largest absolute Gasteiger partial charge is 0.481 e. The molecule has 1 amide bonds. The molecule has 0 aromatic heterocycles. The fraction of sp³-hybridized carbons (Fsp3) is 0.818. The number of hydrogen-bond donors (Lipinski definition) is 1. The molecule has 0 aromatic rings. The number of carbonyl (C=O) groups is 2. The molecule has 1 saturated heterocycles. The minimum Gasteiger partial charge on any atom is -0.481 e. The van der Waals surface area contributed by atoms with E-state index in [9.17, 15) is 9.59 Å². The Balaban J connectivity index is 2.02. The first kappa shape index (κ1) is 10.5. The van der Waals surface area contributed by atoms with Gasteiger partial charge in [-0.1, -0.05) is 6.42 Å². The van der Waals surface area contributed by atoms with Gasteiger partial charge in [-0.2, -0.15) is 0 Å². The van der Waals surface area contributed by atoms with Gasteiger partial charge in [-0.3, -0.25) is 9.59 Å². The van der Waals surface area contributed by atoms with Crippen LogP contribution in [0.2, 0.25) is 0 Å². The highest BCUT2D eigenvalue weighted by molar-refractivity contribution is 5.85. The lowest BCUT2D eigenvalue weighted by molar-refractivity contribution is -0.148. The van der Waals surface area contributed by atoms with Gasteiger partial charge in [0.15, 0.2) is 0 Å². The number of likely N-dealkylation sites (tertiary alicyclic amines) is 1. The average Bonchev–Trinajstić information content (AvgIpc) is 2.88. The van der Waals surface area contributed by atoms with E-state index >= 15 is 0 Å². The third kappa shape index (κ3) is 1.98. The summed E-state index contributed by atoms with van der Waals surface area (Å²) in [5.41, 5.74) is 0. The van der Waals surface area contributed by atoms with Crippen LogP contribution in [-0.4, -0.2) is 35.0 Å². The molecule has 2 rings (SSSR count). The molecule has 1 aliphatic carbocycles. The zero-order valence-corrected chi connectivity index (χ0v) is 8.82. The van der Waals surface area contributed by atoms with Gasteiger partial charge in [-0.05, 0) is 25.7 Å². The van der Waals surface area contributed by atoms with E-state index in [1.165, 1.54) is 0 Å². The molecule has 4 nitrogen and oxygen atoms in total. The Morgan fingerprint density at radius 1 is 1.00 bits per heavy atom. The summed E-state index contributed by atoms with van der Waals surface area (Å²) in [5, 5.41) is 9.00. The Hall–Kier alpha value is -1.06. The summed E-state index contributed by atoms with van der Waals surface area (Å²) in [6, 6.07) is 0. The normalized spacial score (nSPS) is 30.8. The minimum absolute atomic E-state index is 0.0809. The van der Waals surface area contributed by atoms with Gasteiger partial charge < -0.3 is 10.0 Å². The molecule has 4 heteroatoms. The van der Waals surface area contributed by atoms with Gasteiger partial charge in [-0.25, -0.2) is 0 Å². The van der Waals surface area contributed by atoms with Gasteiger partial charge in [0.2, 0.25) is 5.91 Å². The smallest absolute Gasteiger partial charge is 0.307 e. The molecule has 15 heavy (non-hydrogen) atoms. The van der Waals surface area contributed by atoms with Crippen molar-refractivity contribution in [3.63, 3.8) is 0 Å². The molecule has 0 spiro atoms. The van der Waals surface area contributed by atoms with E-state index in [0.29, 0.717) is 6.42 Å². The van der Waals surface area contributed by atoms with Crippen molar-refractivity contribution in [2.24, 2.45) is 11.8 Å². The van der Waals surface area contributed by atoms with E-state index < -0.39 is 11.9 Å². The van der Waals surface area contributed by atoms with Crippen molar-refractivity contribution >= 4 is 11.9 Å². The number of hydrogen-bond acceptors (Lipinski definition) is 2. The van der Waals surface area contributed by atoms with Crippen molar-refractivity contribution in [3.05, 3.63) is 0 Å². The molecule has 2 aliphatic rings. The van der Waals surface area contributed by atoms with Crippen molar-refractivity contribution in [1.29, 1.82) is 0 Å². The molecule has 2 atom stereocenters. The van der Waals surface area contributed by atoms with Crippen LogP contribution in [0.3, 0.4) is 0 Å². The lowest BCUT2D eigenvalue weighted by Gasteiger charge is -2.22. The van der Waals surface area contributed by atoms with Gasteiger partial charge in [0.1, 0.15) is 0 Å². The monoisotopic (exact) mass is 211 g/mol. The molecule has 84 valence electrons. The molecule has 0 radical (unpaired) electrons. The fourth-order valence-corrected chi connectivity index (χ4v) is 2.72. The summed E-state index contributed by atoms with van der Waals surface area (Å²) in [4.78, 5) is 24.8. The second-order valence-electron chi connectivity index (χ2n) is 4.51. The molecular formula is C11H17NO3. The van der Waals surface area contributed by atoms with E-state index in [0.717, 1.165) is 38.8 Å². The van der Waals surface area contributed by atoms with Crippen LogP contribution in [0.5, 0.6) is 0 Å². The van der Waals surface area contributed by atoms with Gasteiger partial charge in [0.05, 0.1) is 11.8 Å². The van der Waals surface area contributed by atoms with E-state index in [1.807, 2.05) is 4.90 Å². The Labute approximate surface area is 89.3 Å². The number of rotatable bonds is 2. The molecule has 0 aromatic carbocycles. The topological polar surface area (TPSA) is 57.6 Å². The van der Waals surface area contributed by atoms with Crippen LogP contribution in [0.1, 0.15) is 32.1 Å².